The van der Waals surface area contributed by atoms with Crippen molar-refractivity contribution in [2.45, 2.75) is 30.0 Å². The van der Waals surface area contributed by atoms with Crippen molar-refractivity contribution in [3.05, 3.63) is 46.5 Å². The molecule has 0 aliphatic heterocycles. The number of nitrogens with two attached hydrogens (primary N) is 1. The van der Waals surface area contributed by atoms with Gasteiger partial charge in [-0.2, -0.15) is 0 Å². The fraction of sp³-hybridized carbons (Fsp3) is 0.308. The fourth-order valence-electron chi connectivity index (χ4n) is 1.65. The van der Waals surface area contributed by atoms with Crippen LogP contribution < -0.4 is 5.73 Å². The summed E-state index contributed by atoms with van der Waals surface area (Å²) in [4.78, 5) is 8.59. The molecule has 0 fully saturated rings. The van der Waals surface area contributed by atoms with Gasteiger partial charge in [0.1, 0.15) is 10.4 Å². The Kier molecular flexibility index (Phi) is 4.48. The lowest BCUT2D eigenvalue weighted by Crippen LogP contribution is -2.13. The third-order valence-electron chi connectivity index (χ3n) is 2.47. The maximum atomic E-state index is 6.16. The highest BCUT2D eigenvalue weighted by Crippen LogP contribution is 2.25. The predicted molar refractivity (Wildman–Crippen MR) is 79.8 cm³/mol. The van der Waals surface area contributed by atoms with Crippen molar-refractivity contribution < 1.29 is 0 Å². The molecule has 1 aromatic carbocycles. The van der Waals surface area contributed by atoms with Crippen LogP contribution in [0.15, 0.2) is 40.0 Å². The van der Waals surface area contributed by atoms with Crippen molar-refractivity contribution in [2.24, 2.45) is 5.73 Å². The molecule has 0 aliphatic rings. The largest absolute Gasteiger partial charge is 0.335 e. The van der Waals surface area contributed by atoms with Gasteiger partial charge in [-0.1, -0.05) is 26.0 Å². The molecule has 2 aromatic rings. The van der Waals surface area contributed by atoms with Crippen LogP contribution in [-0.4, -0.2) is 15.2 Å². The molecule has 1 aromatic heterocycles. The van der Waals surface area contributed by atoms with Crippen LogP contribution in [0, 0.1) is 0 Å². The Labute approximate surface area is 120 Å². The van der Waals surface area contributed by atoms with Gasteiger partial charge in [0.25, 0.3) is 0 Å². The van der Waals surface area contributed by atoms with Crippen LogP contribution in [0.5, 0.6) is 0 Å². The van der Waals surface area contributed by atoms with Gasteiger partial charge < -0.3 is 10.7 Å². The lowest BCUT2D eigenvalue weighted by atomic mass is 10.1. The first-order valence-electron chi connectivity index (χ1n) is 5.79. The zero-order chi connectivity index (χ0) is 13.1. The van der Waals surface area contributed by atoms with E-state index in [9.17, 15) is 0 Å². The summed E-state index contributed by atoms with van der Waals surface area (Å²) >= 11 is 5.18. The topological polar surface area (TPSA) is 54.7 Å². The normalized spacial score (nSPS) is 12.9. The van der Waals surface area contributed by atoms with E-state index in [4.69, 9.17) is 5.73 Å². The van der Waals surface area contributed by atoms with Gasteiger partial charge in [0.15, 0.2) is 0 Å². The summed E-state index contributed by atoms with van der Waals surface area (Å²) in [5, 5.41) is 0.588. The molecule has 0 amide bonds. The number of H-pyrrole nitrogens is 1. The van der Waals surface area contributed by atoms with Crippen LogP contribution in [-0.2, 0) is 0 Å². The Hall–Kier alpha value is -0.780. The minimum Gasteiger partial charge on any atom is -0.335 e. The maximum absolute atomic E-state index is 6.16. The number of nitrogens with zero attached hydrogens (tertiary/aromatic N) is 1. The van der Waals surface area contributed by atoms with Gasteiger partial charge in [-0.15, -0.1) is 11.8 Å². The van der Waals surface area contributed by atoms with E-state index >= 15 is 0 Å². The summed E-state index contributed by atoms with van der Waals surface area (Å²) in [5.41, 5.74) is 7.22. The van der Waals surface area contributed by atoms with Crippen LogP contribution in [0.4, 0.5) is 0 Å². The van der Waals surface area contributed by atoms with E-state index in [0.29, 0.717) is 5.25 Å². The third kappa shape index (κ3) is 3.37. The predicted octanol–water partition coefficient (Wildman–Crippen LogP) is 3.72. The number of thioether (sulfide) groups is 1. The maximum Gasteiger partial charge on any atom is 0.128 e. The number of aromatic amines is 1. The minimum absolute atomic E-state index is 0.214. The van der Waals surface area contributed by atoms with Gasteiger partial charge in [-0.05, 0) is 33.6 Å². The molecule has 1 unspecified atom stereocenters. The zero-order valence-electron chi connectivity index (χ0n) is 10.4. The Balaban J connectivity index is 2.14. The molecule has 18 heavy (non-hydrogen) atoms. The van der Waals surface area contributed by atoms with Gasteiger partial charge in [0, 0.05) is 10.1 Å². The second-order valence-corrected chi connectivity index (χ2v) is 6.83. The first kappa shape index (κ1) is 13.6. The zero-order valence-corrected chi connectivity index (χ0v) is 12.8. The van der Waals surface area contributed by atoms with Gasteiger partial charge in [0.2, 0.25) is 0 Å². The molecule has 5 heteroatoms. The van der Waals surface area contributed by atoms with Crippen LogP contribution >= 0.6 is 27.7 Å². The molecule has 0 radical (unpaired) electrons. The number of hydrogen-bond donors (Lipinski definition) is 2. The monoisotopic (exact) mass is 325 g/mol. The Morgan fingerprint density at radius 2 is 1.94 bits per heavy atom. The van der Waals surface area contributed by atoms with E-state index in [1.54, 1.807) is 6.20 Å². The molecular formula is C13H16BrN3S. The highest BCUT2D eigenvalue weighted by Gasteiger charge is 2.12. The van der Waals surface area contributed by atoms with Gasteiger partial charge in [0.05, 0.1) is 12.2 Å². The van der Waals surface area contributed by atoms with Crippen molar-refractivity contribution in [1.82, 2.24) is 9.97 Å². The first-order chi connectivity index (χ1) is 8.56. The van der Waals surface area contributed by atoms with E-state index in [0.717, 1.165) is 16.0 Å². The molecule has 3 nitrogen and oxygen atoms in total. The molecule has 1 heterocycles. The lowest BCUT2D eigenvalue weighted by Gasteiger charge is -2.10. The number of imidazole rings is 1. The summed E-state index contributed by atoms with van der Waals surface area (Å²) in [6.45, 7) is 4.37. The van der Waals surface area contributed by atoms with Gasteiger partial charge in [-0.25, -0.2) is 4.98 Å². The van der Waals surface area contributed by atoms with E-state index < -0.39 is 0 Å². The summed E-state index contributed by atoms with van der Waals surface area (Å²) < 4.78 is 0.847. The van der Waals surface area contributed by atoms with Crippen LogP contribution in [0.1, 0.15) is 31.3 Å². The SMILES string of the molecule is CC(C)Sc1ccc(C(N)c2ncc(Br)[nH]2)cc1. The summed E-state index contributed by atoms with van der Waals surface area (Å²) in [7, 11) is 0. The lowest BCUT2D eigenvalue weighted by molar-refractivity contribution is 0.798. The van der Waals surface area contributed by atoms with Crippen LogP contribution in [0.25, 0.3) is 0 Å². The van der Waals surface area contributed by atoms with Crippen molar-refractivity contribution >= 4 is 27.7 Å². The molecule has 0 saturated carbocycles. The number of aromatic nitrogens is 2. The minimum atomic E-state index is -0.214. The van der Waals surface area contributed by atoms with E-state index in [1.807, 2.05) is 11.8 Å². The van der Waals surface area contributed by atoms with Crippen molar-refractivity contribution in [3.8, 4) is 0 Å². The molecule has 0 spiro atoms. The molecule has 1 atom stereocenters. The average molecular weight is 326 g/mol. The van der Waals surface area contributed by atoms with Crippen LogP contribution in [0.2, 0.25) is 0 Å². The standard InChI is InChI=1S/C13H16BrN3S/c1-8(2)18-10-5-3-9(4-6-10)12(15)13-16-7-11(14)17-13/h3-8,12H,15H2,1-2H3,(H,16,17). The number of nitrogens with one attached hydrogen (secondary N) is 1. The molecule has 0 aliphatic carbocycles. The number of halogens is 1. The van der Waals surface area contributed by atoms with Crippen molar-refractivity contribution in [2.75, 3.05) is 0 Å². The van der Waals surface area contributed by atoms with Crippen molar-refractivity contribution in [3.63, 3.8) is 0 Å². The fourth-order valence-corrected chi connectivity index (χ4v) is 2.80. The highest BCUT2D eigenvalue weighted by atomic mass is 79.9. The highest BCUT2D eigenvalue weighted by molar-refractivity contribution is 9.10. The molecular weight excluding hydrogens is 310 g/mol. The smallest absolute Gasteiger partial charge is 0.128 e. The van der Waals surface area contributed by atoms with E-state index in [2.05, 4.69) is 64.0 Å². The summed E-state index contributed by atoms with van der Waals surface area (Å²) in [5.74, 6) is 0.770. The van der Waals surface area contributed by atoms with Crippen LogP contribution in [0.3, 0.4) is 0 Å². The van der Waals surface area contributed by atoms with Crippen molar-refractivity contribution in [1.29, 1.82) is 0 Å². The number of hydrogen-bond acceptors (Lipinski definition) is 3. The van der Waals surface area contributed by atoms with E-state index in [-0.39, 0.29) is 6.04 Å². The number of benzene rings is 1. The van der Waals surface area contributed by atoms with Gasteiger partial charge in [-0.3, -0.25) is 0 Å². The Morgan fingerprint density at radius 3 is 2.44 bits per heavy atom. The molecule has 2 rings (SSSR count). The quantitative estimate of drug-likeness (QED) is 0.842. The molecule has 96 valence electrons. The molecule has 0 saturated heterocycles. The second-order valence-electron chi connectivity index (χ2n) is 4.33. The van der Waals surface area contributed by atoms with Gasteiger partial charge >= 0.3 is 0 Å². The average Bonchev–Trinajstić information content (AvgIpc) is 2.75. The van der Waals surface area contributed by atoms with E-state index in [1.165, 1.54) is 4.90 Å². The summed E-state index contributed by atoms with van der Waals surface area (Å²) in [6.07, 6.45) is 1.72. The summed E-state index contributed by atoms with van der Waals surface area (Å²) in [6, 6.07) is 8.13. The third-order valence-corrected chi connectivity index (χ3v) is 3.89. The molecule has 3 N–H and O–H groups in total. The number of rotatable bonds is 4. The Morgan fingerprint density at radius 1 is 1.28 bits per heavy atom. The molecule has 0 bridgehead atoms. The second kappa shape index (κ2) is 5.91. The first-order valence-corrected chi connectivity index (χ1v) is 7.46. The Bertz CT molecular complexity index is 507.